The molecule has 30 heavy (non-hydrogen) atoms. The minimum Gasteiger partial charge on any atom is -0.450 e. The molecule has 0 unspecified atom stereocenters. The van der Waals surface area contributed by atoms with Gasteiger partial charge in [-0.2, -0.15) is 0 Å². The number of hydrogen-bond donors (Lipinski definition) is 3. The van der Waals surface area contributed by atoms with Crippen molar-refractivity contribution in [2.45, 2.75) is 0 Å². The van der Waals surface area contributed by atoms with Gasteiger partial charge in [-0.1, -0.05) is 0 Å². The molecular weight excluding hydrogens is 486 g/mol. The van der Waals surface area contributed by atoms with E-state index in [0.717, 1.165) is 12.1 Å². The Kier molecular flexibility index (Phi) is 5.36. The Morgan fingerprint density at radius 1 is 1.30 bits per heavy atom. The number of H-pyrrole nitrogens is 1. The fraction of sp³-hybridized carbons (Fsp3) is 0.222. The number of urea groups is 1. The Morgan fingerprint density at radius 2 is 2.00 bits per heavy atom. The van der Waals surface area contributed by atoms with Crippen molar-refractivity contribution in [3.05, 3.63) is 46.7 Å². The molecule has 0 saturated carbocycles. The monoisotopic (exact) mass is 500 g/mol. The van der Waals surface area contributed by atoms with Gasteiger partial charge in [-0.05, 0) is 22.0 Å². The first-order valence-corrected chi connectivity index (χ1v) is 11.4. The summed E-state index contributed by atoms with van der Waals surface area (Å²) in [5.41, 5.74) is 0.369. The molecule has 3 heterocycles. The van der Waals surface area contributed by atoms with Crippen molar-refractivity contribution < 1.29 is 26.7 Å². The molecule has 0 atom stereocenters. The number of halogens is 3. The normalized spacial score (nSPS) is 15.6. The van der Waals surface area contributed by atoms with E-state index in [0.29, 0.717) is 15.5 Å². The summed E-state index contributed by atoms with van der Waals surface area (Å²) in [5.74, 6) is -2.57. The maximum atomic E-state index is 14.5. The van der Waals surface area contributed by atoms with Gasteiger partial charge in [0.05, 0.1) is 16.9 Å². The van der Waals surface area contributed by atoms with E-state index in [2.05, 4.69) is 36.5 Å². The molecule has 3 aromatic rings. The number of anilines is 1. The van der Waals surface area contributed by atoms with Crippen molar-refractivity contribution in [1.29, 1.82) is 0 Å². The summed E-state index contributed by atoms with van der Waals surface area (Å²) in [6.07, 6.45) is 3.06. The number of aromatic amines is 1. The van der Waals surface area contributed by atoms with E-state index in [-0.39, 0.29) is 35.4 Å². The van der Waals surface area contributed by atoms with Crippen molar-refractivity contribution in [2.75, 3.05) is 23.4 Å². The fourth-order valence-corrected chi connectivity index (χ4v) is 5.18. The average molecular weight is 501 g/mol. The standard InChI is InChI=1S/C18H15BrF2N4O4S/c19-11-6-23-17-15(11)14(1-2-22-17)29-16-12(20)3-10(4-13(16)21)25-18(26)24-5-9-7-30(27,28)8-9/h1-4,6,9H,5,7-8H2,(H,22,23)(H2,24,25,26). The summed E-state index contributed by atoms with van der Waals surface area (Å²) in [7, 11) is -2.99. The fourth-order valence-electron chi connectivity index (χ4n) is 3.11. The number of nitrogens with zero attached hydrogens (tertiary/aromatic N) is 1. The Labute approximate surface area is 178 Å². The number of pyridine rings is 1. The van der Waals surface area contributed by atoms with Gasteiger partial charge in [0.15, 0.2) is 27.2 Å². The van der Waals surface area contributed by atoms with Gasteiger partial charge in [-0.15, -0.1) is 0 Å². The number of sulfone groups is 1. The topological polar surface area (TPSA) is 113 Å². The molecule has 0 bridgehead atoms. The molecule has 1 aromatic carbocycles. The molecule has 1 saturated heterocycles. The molecule has 1 fully saturated rings. The highest BCUT2D eigenvalue weighted by atomic mass is 79.9. The van der Waals surface area contributed by atoms with Crippen LogP contribution in [0.4, 0.5) is 19.3 Å². The van der Waals surface area contributed by atoms with Gasteiger partial charge in [0.2, 0.25) is 0 Å². The predicted octanol–water partition coefficient (Wildman–Crippen LogP) is 3.56. The number of aromatic nitrogens is 2. The number of rotatable bonds is 5. The lowest BCUT2D eigenvalue weighted by molar-refractivity contribution is 0.250. The molecular formula is C18H15BrF2N4O4S. The van der Waals surface area contributed by atoms with E-state index in [1.807, 2.05) is 0 Å². The third kappa shape index (κ3) is 4.24. The smallest absolute Gasteiger partial charge is 0.319 e. The second kappa shape index (κ2) is 7.84. The molecule has 0 spiro atoms. The first-order chi connectivity index (χ1) is 14.2. The quantitative estimate of drug-likeness (QED) is 0.495. The van der Waals surface area contributed by atoms with Gasteiger partial charge in [0.25, 0.3) is 0 Å². The number of ether oxygens (including phenoxy) is 1. The van der Waals surface area contributed by atoms with Crippen molar-refractivity contribution in [2.24, 2.45) is 5.92 Å². The zero-order valence-corrected chi connectivity index (χ0v) is 17.6. The van der Waals surface area contributed by atoms with E-state index in [1.165, 1.54) is 12.3 Å². The summed E-state index contributed by atoms with van der Waals surface area (Å²) < 4.78 is 57.3. The van der Waals surface area contributed by atoms with Crippen LogP contribution in [0.25, 0.3) is 11.0 Å². The number of hydrogen-bond acceptors (Lipinski definition) is 5. The van der Waals surface area contributed by atoms with Gasteiger partial charge in [-0.25, -0.2) is 27.0 Å². The van der Waals surface area contributed by atoms with Gasteiger partial charge >= 0.3 is 6.03 Å². The van der Waals surface area contributed by atoms with Crippen molar-refractivity contribution in [3.63, 3.8) is 0 Å². The number of fused-ring (bicyclic) bond motifs is 1. The highest BCUT2D eigenvalue weighted by Crippen LogP contribution is 2.36. The first-order valence-electron chi connectivity index (χ1n) is 8.75. The van der Waals surface area contributed by atoms with Gasteiger partial charge in [-0.3, -0.25) is 0 Å². The number of nitrogens with one attached hydrogen (secondary N) is 3. The first kappa shape index (κ1) is 20.5. The Morgan fingerprint density at radius 3 is 2.67 bits per heavy atom. The minimum atomic E-state index is -2.99. The van der Waals surface area contributed by atoms with E-state index in [1.54, 1.807) is 6.20 Å². The molecule has 1 aliphatic rings. The molecule has 3 N–H and O–H groups in total. The lowest BCUT2D eigenvalue weighted by Crippen LogP contribution is -2.44. The SMILES string of the molecule is O=C(NCC1CS(=O)(=O)C1)Nc1cc(F)c(Oc2ccnc3[nH]cc(Br)c23)c(F)c1. The number of carbonyl (C=O) groups excluding carboxylic acids is 1. The van der Waals surface area contributed by atoms with E-state index >= 15 is 0 Å². The second-order valence-electron chi connectivity index (χ2n) is 6.82. The molecule has 2 amide bonds. The van der Waals surface area contributed by atoms with Crippen LogP contribution in [0, 0.1) is 17.6 Å². The molecule has 4 rings (SSSR count). The van der Waals surface area contributed by atoms with Crippen LogP contribution < -0.4 is 15.4 Å². The lowest BCUT2D eigenvalue weighted by atomic mass is 10.2. The Bertz CT molecular complexity index is 1210. The van der Waals surface area contributed by atoms with Crippen LogP contribution in [0.3, 0.4) is 0 Å². The summed E-state index contributed by atoms with van der Waals surface area (Å²) in [5, 5.41) is 5.32. The van der Waals surface area contributed by atoms with Crippen molar-refractivity contribution >= 4 is 48.5 Å². The average Bonchev–Trinajstić information content (AvgIpc) is 3.03. The predicted molar refractivity (Wildman–Crippen MR) is 109 cm³/mol. The number of benzene rings is 1. The summed E-state index contributed by atoms with van der Waals surface area (Å²) in [6.45, 7) is 0.154. The van der Waals surface area contributed by atoms with Crippen molar-refractivity contribution in [3.8, 4) is 11.5 Å². The third-order valence-electron chi connectivity index (χ3n) is 4.49. The number of amides is 2. The van der Waals surface area contributed by atoms with Crippen LogP contribution in [-0.2, 0) is 9.84 Å². The maximum absolute atomic E-state index is 14.5. The molecule has 1 aliphatic heterocycles. The summed E-state index contributed by atoms with van der Waals surface area (Å²) in [4.78, 5) is 18.9. The van der Waals surface area contributed by atoms with Gasteiger partial charge in [0.1, 0.15) is 11.4 Å². The minimum absolute atomic E-state index is 0.0160. The van der Waals surface area contributed by atoms with Crippen LogP contribution in [0.15, 0.2) is 35.1 Å². The van der Waals surface area contributed by atoms with Crippen LogP contribution in [0.1, 0.15) is 0 Å². The van der Waals surface area contributed by atoms with Crippen LogP contribution in [-0.4, -0.2) is 42.5 Å². The summed E-state index contributed by atoms with van der Waals surface area (Å²) in [6, 6.07) is 2.63. The molecule has 12 heteroatoms. The van der Waals surface area contributed by atoms with Crippen molar-refractivity contribution in [1.82, 2.24) is 15.3 Å². The molecule has 8 nitrogen and oxygen atoms in total. The van der Waals surface area contributed by atoms with E-state index in [9.17, 15) is 22.0 Å². The highest BCUT2D eigenvalue weighted by molar-refractivity contribution is 9.10. The van der Waals surface area contributed by atoms with Gasteiger partial charge < -0.3 is 20.4 Å². The van der Waals surface area contributed by atoms with E-state index in [4.69, 9.17) is 4.74 Å². The molecule has 0 aliphatic carbocycles. The Hall–Kier alpha value is -2.73. The highest BCUT2D eigenvalue weighted by Gasteiger charge is 2.33. The van der Waals surface area contributed by atoms with Gasteiger partial charge in [0, 0.05) is 47.1 Å². The Balaban J connectivity index is 1.45. The zero-order valence-electron chi connectivity index (χ0n) is 15.2. The van der Waals surface area contributed by atoms with Crippen LogP contribution in [0.2, 0.25) is 0 Å². The zero-order chi connectivity index (χ0) is 21.5. The lowest BCUT2D eigenvalue weighted by Gasteiger charge is -2.25. The number of carbonyl (C=O) groups is 1. The van der Waals surface area contributed by atoms with Crippen LogP contribution >= 0.6 is 15.9 Å². The third-order valence-corrected chi connectivity index (χ3v) is 7.07. The second-order valence-corrected chi connectivity index (χ2v) is 9.83. The molecule has 2 aromatic heterocycles. The largest absolute Gasteiger partial charge is 0.450 e. The molecule has 0 radical (unpaired) electrons. The summed E-state index contributed by atoms with van der Waals surface area (Å²) >= 11 is 3.32. The van der Waals surface area contributed by atoms with Crippen LogP contribution in [0.5, 0.6) is 11.5 Å². The van der Waals surface area contributed by atoms with E-state index < -0.39 is 33.3 Å². The molecule has 158 valence electrons. The maximum Gasteiger partial charge on any atom is 0.319 e.